The molecular weight excluding hydrogens is 262 g/mol. The van der Waals surface area contributed by atoms with Gasteiger partial charge in [-0.1, -0.05) is 19.9 Å². The van der Waals surface area contributed by atoms with Gasteiger partial charge in [-0.05, 0) is 49.6 Å². The summed E-state index contributed by atoms with van der Waals surface area (Å²) in [4.78, 5) is 6.89. The molecule has 21 heavy (non-hydrogen) atoms. The maximum Gasteiger partial charge on any atom is 0.133 e. The lowest BCUT2D eigenvalue weighted by molar-refractivity contribution is 0.303. The van der Waals surface area contributed by atoms with Gasteiger partial charge in [0.2, 0.25) is 0 Å². The van der Waals surface area contributed by atoms with Gasteiger partial charge in [-0.25, -0.2) is 4.98 Å². The summed E-state index contributed by atoms with van der Waals surface area (Å²) >= 11 is 0. The van der Waals surface area contributed by atoms with Gasteiger partial charge >= 0.3 is 0 Å². The Kier molecular flexibility index (Phi) is 5.81. The quantitative estimate of drug-likeness (QED) is 0.755. The van der Waals surface area contributed by atoms with Gasteiger partial charge in [0.05, 0.1) is 7.11 Å². The Morgan fingerprint density at radius 3 is 2.71 bits per heavy atom. The van der Waals surface area contributed by atoms with E-state index in [2.05, 4.69) is 35.1 Å². The van der Waals surface area contributed by atoms with Gasteiger partial charge in [0.25, 0.3) is 0 Å². The number of ether oxygens (including phenoxy) is 1. The van der Waals surface area contributed by atoms with E-state index in [1.165, 1.54) is 5.39 Å². The number of hydrogen-bond donors (Lipinski definition) is 1. The molecule has 0 spiro atoms. The second kappa shape index (κ2) is 7.84. The zero-order valence-corrected chi connectivity index (χ0v) is 13.2. The lowest BCUT2D eigenvalue weighted by atomic mass is 10.1. The van der Waals surface area contributed by atoms with Gasteiger partial charge in [-0.15, -0.1) is 0 Å². The molecule has 0 radical (unpaired) electrons. The number of aromatic nitrogens is 1. The highest BCUT2D eigenvalue weighted by Gasteiger charge is 2.04. The lowest BCUT2D eigenvalue weighted by Crippen LogP contribution is -2.25. The van der Waals surface area contributed by atoms with E-state index in [9.17, 15) is 0 Å². The zero-order chi connectivity index (χ0) is 15.1. The van der Waals surface area contributed by atoms with Crippen molar-refractivity contribution in [2.75, 3.05) is 38.6 Å². The minimum absolute atomic E-state index is 0.863. The van der Waals surface area contributed by atoms with Crippen LogP contribution in [0.5, 0.6) is 5.75 Å². The van der Waals surface area contributed by atoms with Crippen molar-refractivity contribution in [2.45, 2.75) is 20.3 Å². The molecule has 0 amide bonds. The monoisotopic (exact) mass is 287 g/mol. The van der Waals surface area contributed by atoms with Crippen LogP contribution in [0.3, 0.4) is 0 Å². The van der Waals surface area contributed by atoms with Crippen molar-refractivity contribution < 1.29 is 4.74 Å². The molecule has 0 saturated heterocycles. The van der Waals surface area contributed by atoms with Gasteiger partial charge in [0, 0.05) is 18.1 Å². The first-order valence-electron chi connectivity index (χ1n) is 7.67. The molecule has 1 aromatic carbocycles. The molecule has 4 heteroatoms. The molecule has 0 aliphatic rings. The number of methoxy groups -OCH3 is 1. The largest absolute Gasteiger partial charge is 0.497 e. The van der Waals surface area contributed by atoms with Crippen LogP contribution in [-0.4, -0.2) is 43.2 Å². The minimum Gasteiger partial charge on any atom is -0.497 e. The van der Waals surface area contributed by atoms with Crippen LogP contribution in [0.2, 0.25) is 0 Å². The SMILES string of the molecule is CCN(CC)CCCNc1nccc2ccc(OC)cc12. The van der Waals surface area contributed by atoms with E-state index >= 15 is 0 Å². The van der Waals surface area contributed by atoms with Gasteiger partial charge in [-0.3, -0.25) is 0 Å². The summed E-state index contributed by atoms with van der Waals surface area (Å²) in [6.45, 7) is 8.68. The molecule has 0 fully saturated rings. The summed E-state index contributed by atoms with van der Waals surface area (Å²) in [6.07, 6.45) is 2.96. The summed E-state index contributed by atoms with van der Waals surface area (Å²) < 4.78 is 5.30. The van der Waals surface area contributed by atoms with Crippen LogP contribution in [0, 0.1) is 0 Å². The molecule has 2 aromatic rings. The van der Waals surface area contributed by atoms with Crippen molar-refractivity contribution in [1.82, 2.24) is 9.88 Å². The molecule has 0 aliphatic carbocycles. The molecule has 0 aliphatic heterocycles. The average molecular weight is 287 g/mol. The maximum atomic E-state index is 5.30. The third-order valence-electron chi connectivity index (χ3n) is 3.81. The molecule has 4 nitrogen and oxygen atoms in total. The molecular formula is C17H25N3O. The molecule has 0 bridgehead atoms. The molecule has 1 heterocycles. The van der Waals surface area contributed by atoms with Crippen molar-refractivity contribution in [2.24, 2.45) is 0 Å². The van der Waals surface area contributed by atoms with Crippen LogP contribution < -0.4 is 10.1 Å². The summed E-state index contributed by atoms with van der Waals surface area (Å²) in [5.74, 6) is 1.80. The number of nitrogens with one attached hydrogen (secondary N) is 1. The van der Waals surface area contributed by atoms with E-state index in [0.29, 0.717) is 0 Å². The topological polar surface area (TPSA) is 37.4 Å². The smallest absolute Gasteiger partial charge is 0.133 e. The first-order chi connectivity index (χ1) is 10.3. The fraction of sp³-hybridized carbons (Fsp3) is 0.471. The third kappa shape index (κ3) is 4.08. The number of fused-ring (bicyclic) bond motifs is 1. The number of hydrogen-bond acceptors (Lipinski definition) is 4. The fourth-order valence-electron chi connectivity index (χ4n) is 2.46. The van der Waals surface area contributed by atoms with Crippen LogP contribution >= 0.6 is 0 Å². The predicted molar refractivity (Wildman–Crippen MR) is 89.2 cm³/mol. The zero-order valence-electron chi connectivity index (χ0n) is 13.2. The molecule has 114 valence electrons. The van der Waals surface area contributed by atoms with Crippen molar-refractivity contribution in [3.05, 3.63) is 30.5 Å². The Balaban J connectivity index is 2.01. The first-order valence-corrected chi connectivity index (χ1v) is 7.67. The summed E-state index contributed by atoms with van der Waals surface area (Å²) in [5.41, 5.74) is 0. The summed E-state index contributed by atoms with van der Waals surface area (Å²) in [6, 6.07) is 8.11. The van der Waals surface area contributed by atoms with Gasteiger partial charge in [0.15, 0.2) is 0 Å². The van der Waals surface area contributed by atoms with E-state index < -0.39 is 0 Å². The van der Waals surface area contributed by atoms with Crippen molar-refractivity contribution in [1.29, 1.82) is 0 Å². The Labute approximate surface area is 127 Å². The lowest BCUT2D eigenvalue weighted by Gasteiger charge is -2.18. The molecule has 0 atom stereocenters. The van der Waals surface area contributed by atoms with E-state index in [1.54, 1.807) is 7.11 Å². The Morgan fingerprint density at radius 2 is 2.00 bits per heavy atom. The third-order valence-corrected chi connectivity index (χ3v) is 3.81. The molecule has 1 aromatic heterocycles. The van der Waals surface area contributed by atoms with Crippen molar-refractivity contribution >= 4 is 16.6 Å². The highest BCUT2D eigenvalue weighted by molar-refractivity contribution is 5.92. The van der Waals surface area contributed by atoms with Crippen LogP contribution in [0.25, 0.3) is 10.8 Å². The van der Waals surface area contributed by atoms with E-state index in [0.717, 1.165) is 49.6 Å². The average Bonchev–Trinajstić information content (AvgIpc) is 2.54. The standard InChI is InChI=1S/C17H25N3O/c1-4-20(5-2)12-6-10-18-17-16-13-15(21-3)8-7-14(16)9-11-19-17/h7-9,11,13H,4-6,10,12H2,1-3H3,(H,18,19). The number of anilines is 1. The predicted octanol–water partition coefficient (Wildman–Crippen LogP) is 3.39. The molecule has 2 rings (SSSR count). The number of benzene rings is 1. The van der Waals surface area contributed by atoms with Crippen LogP contribution in [0.4, 0.5) is 5.82 Å². The second-order valence-electron chi connectivity index (χ2n) is 5.05. The van der Waals surface area contributed by atoms with Crippen LogP contribution in [0.15, 0.2) is 30.5 Å². The number of nitrogens with zero attached hydrogens (tertiary/aromatic N) is 2. The maximum absolute atomic E-state index is 5.30. The number of pyridine rings is 1. The first kappa shape index (κ1) is 15.6. The molecule has 0 unspecified atom stereocenters. The second-order valence-corrected chi connectivity index (χ2v) is 5.05. The van der Waals surface area contributed by atoms with E-state index in [1.807, 2.05) is 24.4 Å². The van der Waals surface area contributed by atoms with Crippen LogP contribution in [-0.2, 0) is 0 Å². The van der Waals surface area contributed by atoms with Gasteiger partial charge in [-0.2, -0.15) is 0 Å². The highest BCUT2D eigenvalue weighted by Crippen LogP contribution is 2.25. The van der Waals surface area contributed by atoms with Crippen molar-refractivity contribution in [3.63, 3.8) is 0 Å². The van der Waals surface area contributed by atoms with Crippen molar-refractivity contribution in [3.8, 4) is 5.75 Å². The van der Waals surface area contributed by atoms with E-state index in [-0.39, 0.29) is 0 Å². The molecule has 0 saturated carbocycles. The Bertz CT molecular complexity index is 567. The summed E-state index contributed by atoms with van der Waals surface area (Å²) in [5, 5.41) is 5.74. The van der Waals surface area contributed by atoms with Gasteiger partial charge in [0.1, 0.15) is 11.6 Å². The minimum atomic E-state index is 0.863. The Morgan fingerprint density at radius 1 is 1.19 bits per heavy atom. The Hall–Kier alpha value is -1.81. The summed E-state index contributed by atoms with van der Waals surface area (Å²) in [7, 11) is 1.69. The normalized spacial score (nSPS) is 11.0. The van der Waals surface area contributed by atoms with Crippen LogP contribution in [0.1, 0.15) is 20.3 Å². The highest BCUT2D eigenvalue weighted by atomic mass is 16.5. The molecule has 1 N–H and O–H groups in total. The fourth-order valence-corrected chi connectivity index (χ4v) is 2.46. The van der Waals surface area contributed by atoms with Gasteiger partial charge < -0.3 is 15.0 Å². The van der Waals surface area contributed by atoms with E-state index in [4.69, 9.17) is 4.74 Å². The number of rotatable bonds is 8.